The summed E-state index contributed by atoms with van der Waals surface area (Å²) in [5.74, 6) is 1.43. The molecule has 1 aromatic rings. The largest absolute Gasteiger partial charge is 0.458 e. The maximum Gasteiger partial charge on any atom is 0.203 e. The molecule has 0 bridgehead atoms. The van der Waals surface area contributed by atoms with Gasteiger partial charge < -0.3 is 4.42 Å². The summed E-state index contributed by atoms with van der Waals surface area (Å²) in [5.41, 5.74) is -0.198. The van der Waals surface area contributed by atoms with Gasteiger partial charge in [-0.2, -0.15) is 0 Å². The summed E-state index contributed by atoms with van der Waals surface area (Å²) in [4.78, 5) is 12.0. The molecular weight excluding hydrogens is 200 g/mol. The van der Waals surface area contributed by atoms with Gasteiger partial charge in [0.1, 0.15) is 5.76 Å². The third kappa shape index (κ3) is 3.51. The zero-order valence-corrected chi connectivity index (χ0v) is 11.2. The molecular formula is C14H22O2. The molecule has 90 valence electrons. The van der Waals surface area contributed by atoms with Crippen molar-refractivity contribution in [1.29, 1.82) is 0 Å². The van der Waals surface area contributed by atoms with Crippen molar-refractivity contribution in [3.05, 3.63) is 23.7 Å². The highest BCUT2D eigenvalue weighted by atomic mass is 16.3. The van der Waals surface area contributed by atoms with Gasteiger partial charge in [0.15, 0.2) is 5.76 Å². The van der Waals surface area contributed by atoms with Crippen LogP contribution in [0.25, 0.3) is 0 Å². The first-order valence-electron chi connectivity index (χ1n) is 5.73. The van der Waals surface area contributed by atoms with Crippen molar-refractivity contribution >= 4 is 5.78 Å². The van der Waals surface area contributed by atoms with Crippen LogP contribution in [0, 0.1) is 10.8 Å². The Labute approximate surface area is 98.0 Å². The van der Waals surface area contributed by atoms with Gasteiger partial charge in [-0.25, -0.2) is 0 Å². The minimum absolute atomic E-state index is 0.0626. The summed E-state index contributed by atoms with van der Waals surface area (Å²) in [5, 5.41) is 0. The van der Waals surface area contributed by atoms with Gasteiger partial charge in [0, 0.05) is 11.8 Å². The first-order chi connectivity index (χ1) is 7.09. The highest BCUT2D eigenvalue weighted by Crippen LogP contribution is 2.25. The molecule has 0 aliphatic heterocycles. The average Bonchev–Trinajstić information content (AvgIpc) is 2.46. The van der Waals surface area contributed by atoms with Gasteiger partial charge in [-0.05, 0) is 17.5 Å². The molecule has 0 aromatic carbocycles. The number of hydrogen-bond acceptors (Lipinski definition) is 2. The summed E-state index contributed by atoms with van der Waals surface area (Å²) in [7, 11) is 0. The lowest BCUT2D eigenvalue weighted by Crippen LogP contribution is -2.19. The Morgan fingerprint density at radius 2 is 1.69 bits per heavy atom. The molecule has 0 saturated heterocycles. The van der Waals surface area contributed by atoms with E-state index in [0.717, 1.165) is 12.2 Å². The van der Waals surface area contributed by atoms with Crippen molar-refractivity contribution in [3.8, 4) is 0 Å². The lowest BCUT2D eigenvalue weighted by molar-refractivity contribution is 0.0825. The van der Waals surface area contributed by atoms with Crippen molar-refractivity contribution < 1.29 is 9.21 Å². The van der Waals surface area contributed by atoms with Crippen molar-refractivity contribution in [1.82, 2.24) is 0 Å². The zero-order valence-electron chi connectivity index (χ0n) is 11.2. The number of rotatable bonds is 2. The minimum Gasteiger partial charge on any atom is -0.458 e. The highest BCUT2D eigenvalue weighted by Gasteiger charge is 2.26. The van der Waals surface area contributed by atoms with Crippen LogP contribution in [-0.4, -0.2) is 5.78 Å². The molecule has 1 aromatic heterocycles. The molecule has 0 amide bonds. The Hall–Kier alpha value is -1.05. The molecule has 1 heterocycles. The monoisotopic (exact) mass is 222 g/mol. The molecule has 2 nitrogen and oxygen atoms in total. The Bertz CT molecular complexity index is 372. The maximum atomic E-state index is 12.0. The topological polar surface area (TPSA) is 30.2 Å². The molecule has 1 rings (SSSR count). The second-order valence-electron chi connectivity index (χ2n) is 6.58. The molecule has 0 atom stereocenters. The quantitative estimate of drug-likeness (QED) is 0.705. The number of hydrogen-bond donors (Lipinski definition) is 0. The third-order valence-corrected chi connectivity index (χ3v) is 2.27. The fourth-order valence-corrected chi connectivity index (χ4v) is 1.49. The fraction of sp³-hybridized carbons (Fsp3) is 0.643. The number of Topliss-reactive ketones (excluding diaryl/α,β-unsaturated/α-hetero) is 1. The summed E-state index contributed by atoms with van der Waals surface area (Å²) < 4.78 is 5.60. The second-order valence-corrected chi connectivity index (χ2v) is 6.58. The molecule has 0 radical (unpaired) electrons. The van der Waals surface area contributed by atoms with Gasteiger partial charge in [-0.15, -0.1) is 0 Å². The van der Waals surface area contributed by atoms with Crippen LogP contribution in [-0.2, 0) is 6.42 Å². The second kappa shape index (κ2) is 4.08. The Balaban J connectivity index is 2.84. The predicted molar refractivity (Wildman–Crippen MR) is 65.7 cm³/mol. The number of furan rings is 1. The van der Waals surface area contributed by atoms with E-state index in [-0.39, 0.29) is 16.6 Å². The van der Waals surface area contributed by atoms with Crippen LogP contribution in [0.5, 0.6) is 0 Å². The molecule has 0 saturated carbocycles. The van der Waals surface area contributed by atoms with Crippen molar-refractivity contribution in [2.75, 3.05) is 0 Å². The first-order valence-corrected chi connectivity index (χ1v) is 5.73. The number of ketones is 1. The van der Waals surface area contributed by atoms with E-state index in [2.05, 4.69) is 20.8 Å². The third-order valence-electron chi connectivity index (χ3n) is 2.27. The van der Waals surface area contributed by atoms with E-state index in [1.807, 2.05) is 26.8 Å². The highest BCUT2D eigenvalue weighted by molar-refractivity contribution is 5.97. The lowest BCUT2D eigenvalue weighted by Gasteiger charge is -2.16. The molecule has 0 aliphatic rings. The standard InChI is InChI=1S/C14H22O2/c1-13(2,3)9-10-7-8-11(16-10)12(15)14(4,5)6/h7-8H,9H2,1-6H3. The smallest absolute Gasteiger partial charge is 0.203 e. The molecule has 0 fully saturated rings. The van der Waals surface area contributed by atoms with Crippen LogP contribution < -0.4 is 0 Å². The molecule has 2 heteroatoms. The van der Waals surface area contributed by atoms with E-state index < -0.39 is 0 Å². The van der Waals surface area contributed by atoms with Crippen molar-refractivity contribution in [3.63, 3.8) is 0 Å². The lowest BCUT2D eigenvalue weighted by atomic mass is 9.89. The molecule has 0 N–H and O–H groups in total. The van der Waals surface area contributed by atoms with Gasteiger partial charge in [0.25, 0.3) is 0 Å². The van der Waals surface area contributed by atoms with E-state index >= 15 is 0 Å². The summed E-state index contributed by atoms with van der Waals surface area (Å²) in [6.07, 6.45) is 0.852. The SMILES string of the molecule is CC(C)(C)Cc1ccc(C(=O)C(C)(C)C)o1. The van der Waals surface area contributed by atoms with Crippen LogP contribution in [0.3, 0.4) is 0 Å². The Kier molecular flexibility index (Phi) is 3.32. The number of carbonyl (C=O) groups is 1. The van der Waals surface area contributed by atoms with E-state index in [4.69, 9.17) is 4.42 Å². The van der Waals surface area contributed by atoms with Crippen LogP contribution in [0.4, 0.5) is 0 Å². The first kappa shape index (κ1) is 13.0. The Morgan fingerprint density at radius 1 is 1.12 bits per heavy atom. The van der Waals surface area contributed by atoms with Crippen LogP contribution in [0.15, 0.2) is 16.5 Å². The van der Waals surface area contributed by atoms with E-state index in [9.17, 15) is 4.79 Å². The molecule has 0 unspecified atom stereocenters. The summed E-state index contributed by atoms with van der Waals surface area (Å²) in [6, 6.07) is 3.69. The van der Waals surface area contributed by atoms with Gasteiger partial charge in [-0.3, -0.25) is 4.79 Å². The maximum absolute atomic E-state index is 12.0. The van der Waals surface area contributed by atoms with E-state index in [1.54, 1.807) is 6.07 Å². The Morgan fingerprint density at radius 3 is 2.12 bits per heavy atom. The normalized spacial score (nSPS) is 12.9. The average molecular weight is 222 g/mol. The van der Waals surface area contributed by atoms with E-state index in [1.165, 1.54) is 0 Å². The predicted octanol–water partition coefficient (Wildman–Crippen LogP) is 4.10. The molecule has 0 aliphatic carbocycles. The van der Waals surface area contributed by atoms with Crippen LogP contribution in [0.2, 0.25) is 0 Å². The van der Waals surface area contributed by atoms with E-state index in [0.29, 0.717) is 5.76 Å². The van der Waals surface area contributed by atoms with Gasteiger partial charge in [0.2, 0.25) is 5.78 Å². The molecule has 0 spiro atoms. The fourth-order valence-electron chi connectivity index (χ4n) is 1.49. The number of carbonyl (C=O) groups excluding carboxylic acids is 1. The van der Waals surface area contributed by atoms with Crippen LogP contribution >= 0.6 is 0 Å². The minimum atomic E-state index is -0.378. The molecule has 16 heavy (non-hydrogen) atoms. The van der Waals surface area contributed by atoms with Crippen molar-refractivity contribution in [2.45, 2.75) is 48.0 Å². The zero-order chi connectivity index (χ0) is 12.6. The van der Waals surface area contributed by atoms with Crippen LogP contribution in [0.1, 0.15) is 57.9 Å². The van der Waals surface area contributed by atoms with Gasteiger partial charge >= 0.3 is 0 Å². The summed E-state index contributed by atoms with van der Waals surface area (Å²) in [6.45, 7) is 12.2. The van der Waals surface area contributed by atoms with Crippen molar-refractivity contribution in [2.24, 2.45) is 10.8 Å². The van der Waals surface area contributed by atoms with Gasteiger partial charge in [0.05, 0.1) is 0 Å². The summed E-state index contributed by atoms with van der Waals surface area (Å²) >= 11 is 0. The van der Waals surface area contributed by atoms with Gasteiger partial charge in [-0.1, -0.05) is 41.5 Å².